The molecule has 3 N–H and O–H groups in total. The number of carbonyl (C=O) groups is 1. The Morgan fingerprint density at radius 2 is 2.10 bits per heavy atom. The summed E-state index contributed by atoms with van der Waals surface area (Å²) in [6.07, 6.45) is 0. The van der Waals surface area contributed by atoms with Gasteiger partial charge in [-0.3, -0.25) is 9.48 Å². The zero-order chi connectivity index (χ0) is 15.6. The number of nitrogen functional groups attached to an aromatic ring is 1. The first kappa shape index (κ1) is 14.9. The molecule has 0 saturated carbocycles. The Bertz CT molecular complexity index is 677. The lowest BCUT2D eigenvalue weighted by atomic mass is 10.2. The molecule has 0 atom stereocenters. The van der Waals surface area contributed by atoms with Crippen LogP contribution < -0.4 is 15.8 Å². The molecule has 2 rings (SSSR count). The van der Waals surface area contributed by atoms with Gasteiger partial charge in [0.1, 0.15) is 5.75 Å². The molecule has 1 amide bonds. The number of nitrogens with zero attached hydrogens (tertiary/aromatic N) is 2. The second kappa shape index (κ2) is 5.87. The Balaban J connectivity index is 1.99. The maximum absolute atomic E-state index is 12.0. The monoisotopic (exact) mass is 288 g/mol. The maximum atomic E-state index is 12.0. The van der Waals surface area contributed by atoms with Crippen LogP contribution in [0.3, 0.4) is 0 Å². The van der Waals surface area contributed by atoms with Crippen LogP contribution in [0.25, 0.3) is 0 Å². The van der Waals surface area contributed by atoms with Gasteiger partial charge in [0.2, 0.25) is 0 Å². The number of hydrogen-bond donors (Lipinski definition) is 2. The summed E-state index contributed by atoms with van der Waals surface area (Å²) in [6, 6.07) is 5.32. The molecule has 0 radical (unpaired) electrons. The van der Waals surface area contributed by atoms with E-state index < -0.39 is 0 Å². The quantitative estimate of drug-likeness (QED) is 0.842. The highest BCUT2D eigenvalue weighted by Crippen LogP contribution is 2.21. The molecule has 21 heavy (non-hydrogen) atoms. The first-order valence-electron chi connectivity index (χ1n) is 6.67. The molecular formula is C15H20N4O2. The number of rotatable bonds is 4. The van der Waals surface area contributed by atoms with Crippen LogP contribution in [0.2, 0.25) is 0 Å². The first-order valence-corrected chi connectivity index (χ1v) is 6.67. The predicted octanol–water partition coefficient (Wildman–Crippen LogP) is 1.95. The van der Waals surface area contributed by atoms with E-state index in [4.69, 9.17) is 10.5 Å². The number of nitrogens with one attached hydrogen (secondary N) is 1. The van der Waals surface area contributed by atoms with Gasteiger partial charge < -0.3 is 15.8 Å². The van der Waals surface area contributed by atoms with Crippen molar-refractivity contribution >= 4 is 17.3 Å². The number of carbonyl (C=O) groups excluding carboxylic acids is 1. The molecule has 6 heteroatoms. The fraction of sp³-hybridized carbons (Fsp3) is 0.333. The Morgan fingerprint density at radius 1 is 1.38 bits per heavy atom. The average molecular weight is 288 g/mol. The number of nitrogens with two attached hydrogens (primary N) is 1. The van der Waals surface area contributed by atoms with Crippen molar-refractivity contribution < 1.29 is 9.53 Å². The van der Waals surface area contributed by atoms with Gasteiger partial charge in [0.25, 0.3) is 5.91 Å². The van der Waals surface area contributed by atoms with Gasteiger partial charge in [-0.2, -0.15) is 5.10 Å². The first-order chi connectivity index (χ1) is 9.88. The summed E-state index contributed by atoms with van der Waals surface area (Å²) in [5.41, 5.74) is 9.68. The normalized spacial score (nSPS) is 10.5. The lowest BCUT2D eigenvalue weighted by Crippen LogP contribution is -2.21. The molecule has 0 aliphatic rings. The van der Waals surface area contributed by atoms with E-state index in [1.165, 1.54) is 0 Å². The van der Waals surface area contributed by atoms with Gasteiger partial charge in [-0.1, -0.05) is 0 Å². The third-order valence-electron chi connectivity index (χ3n) is 3.33. The zero-order valence-electron chi connectivity index (χ0n) is 12.7. The van der Waals surface area contributed by atoms with Gasteiger partial charge in [0.05, 0.1) is 17.1 Å². The summed E-state index contributed by atoms with van der Waals surface area (Å²) in [5, 5.41) is 7.08. The zero-order valence-corrected chi connectivity index (χ0v) is 12.7. The fourth-order valence-electron chi connectivity index (χ4n) is 2.11. The standard InChI is InChI=1S/C15H20N4O2/c1-9-7-12(16)5-6-13(9)21-8-14(20)17-15-10(2)18-19(4)11(15)3/h5-7H,8,16H2,1-4H3,(H,17,20). The lowest BCUT2D eigenvalue weighted by Gasteiger charge is -2.10. The van der Waals surface area contributed by atoms with E-state index in [2.05, 4.69) is 10.4 Å². The highest BCUT2D eigenvalue weighted by Gasteiger charge is 2.13. The van der Waals surface area contributed by atoms with E-state index in [1.54, 1.807) is 16.8 Å². The molecule has 0 aliphatic heterocycles. The molecule has 0 unspecified atom stereocenters. The minimum atomic E-state index is -0.217. The molecule has 0 saturated heterocycles. The number of aromatic nitrogens is 2. The van der Waals surface area contributed by atoms with Crippen LogP contribution in [0.15, 0.2) is 18.2 Å². The predicted molar refractivity (Wildman–Crippen MR) is 82.4 cm³/mol. The number of amides is 1. The number of benzene rings is 1. The van der Waals surface area contributed by atoms with Crippen molar-refractivity contribution in [2.24, 2.45) is 7.05 Å². The third-order valence-corrected chi connectivity index (χ3v) is 3.33. The minimum absolute atomic E-state index is 0.0570. The van der Waals surface area contributed by atoms with Crippen molar-refractivity contribution in [1.82, 2.24) is 9.78 Å². The van der Waals surface area contributed by atoms with Crippen LogP contribution in [0.1, 0.15) is 17.0 Å². The van der Waals surface area contributed by atoms with Gasteiger partial charge in [-0.05, 0) is 44.5 Å². The Morgan fingerprint density at radius 3 is 2.67 bits per heavy atom. The smallest absolute Gasteiger partial charge is 0.262 e. The fourth-order valence-corrected chi connectivity index (χ4v) is 2.11. The number of ether oxygens (including phenoxy) is 1. The maximum Gasteiger partial charge on any atom is 0.262 e. The van der Waals surface area contributed by atoms with Crippen LogP contribution in [0.5, 0.6) is 5.75 Å². The third kappa shape index (κ3) is 3.34. The van der Waals surface area contributed by atoms with Crippen molar-refractivity contribution in [2.45, 2.75) is 20.8 Å². The second-order valence-electron chi connectivity index (χ2n) is 5.03. The molecule has 2 aromatic rings. The molecule has 6 nitrogen and oxygen atoms in total. The van der Waals surface area contributed by atoms with E-state index >= 15 is 0 Å². The van der Waals surface area contributed by atoms with E-state index in [9.17, 15) is 4.79 Å². The van der Waals surface area contributed by atoms with E-state index in [1.807, 2.05) is 33.9 Å². The molecule has 1 aromatic heterocycles. The molecule has 112 valence electrons. The van der Waals surface area contributed by atoms with E-state index in [0.717, 1.165) is 22.6 Å². The van der Waals surface area contributed by atoms with Gasteiger partial charge >= 0.3 is 0 Å². The molecule has 1 heterocycles. The van der Waals surface area contributed by atoms with Crippen LogP contribution >= 0.6 is 0 Å². The summed E-state index contributed by atoms with van der Waals surface area (Å²) in [5.74, 6) is 0.435. The number of anilines is 2. The number of hydrogen-bond acceptors (Lipinski definition) is 4. The average Bonchev–Trinajstić information content (AvgIpc) is 2.64. The summed E-state index contributed by atoms with van der Waals surface area (Å²) in [6.45, 7) is 5.59. The van der Waals surface area contributed by atoms with Crippen molar-refractivity contribution in [2.75, 3.05) is 17.7 Å². The van der Waals surface area contributed by atoms with Crippen LogP contribution in [0.4, 0.5) is 11.4 Å². The van der Waals surface area contributed by atoms with Crippen molar-refractivity contribution in [1.29, 1.82) is 0 Å². The number of aryl methyl sites for hydroxylation is 3. The van der Waals surface area contributed by atoms with Crippen LogP contribution in [-0.4, -0.2) is 22.3 Å². The van der Waals surface area contributed by atoms with Gasteiger partial charge in [0.15, 0.2) is 6.61 Å². The topological polar surface area (TPSA) is 82.2 Å². The molecular weight excluding hydrogens is 268 g/mol. The summed E-state index contributed by atoms with van der Waals surface area (Å²) < 4.78 is 7.25. The molecule has 0 bridgehead atoms. The summed E-state index contributed by atoms with van der Waals surface area (Å²) >= 11 is 0. The Hall–Kier alpha value is -2.50. The SMILES string of the molecule is Cc1cc(N)ccc1OCC(=O)Nc1c(C)nn(C)c1C. The largest absolute Gasteiger partial charge is 0.483 e. The molecule has 0 aliphatic carbocycles. The second-order valence-corrected chi connectivity index (χ2v) is 5.03. The van der Waals surface area contributed by atoms with Gasteiger partial charge in [-0.15, -0.1) is 0 Å². The van der Waals surface area contributed by atoms with E-state index in [-0.39, 0.29) is 12.5 Å². The highest BCUT2D eigenvalue weighted by atomic mass is 16.5. The van der Waals surface area contributed by atoms with Crippen molar-refractivity contribution in [3.05, 3.63) is 35.2 Å². The Kier molecular flexibility index (Phi) is 4.16. The lowest BCUT2D eigenvalue weighted by molar-refractivity contribution is -0.118. The van der Waals surface area contributed by atoms with Gasteiger partial charge in [0, 0.05) is 12.7 Å². The minimum Gasteiger partial charge on any atom is -0.483 e. The van der Waals surface area contributed by atoms with Gasteiger partial charge in [-0.25, -0.2) is 0 Å². The molecule has 0 fully saturated rings. The van der Waals surface area contributed by atoms with Crippen LogP contribution in [-0.2, 0) is 11.8 Å². The van der Waals surface area contributed by atoms with Crippen molar-refractivity contribution in [3.63, 3.8) is 0 Å². The molecule has 0 spiro atoms. The summed E-state index contributed by atoms with van der Waals surface area (Å²) in [7, 11) is 1.84. The molecule has 1 aromatic carbocycles. The van der Waals surface area contributed by atoms with Crippen LogP contribution in [0, 0.1) is 20.8 Å². The highest BCUT2D eigenvalue weighted by molar-refractivity contribution is 5.93. The van der Waals surface area contributed by atoms with E-state index in [0.29, 0.717) is 11.4 Å². The summed E-state index contributed by atoms with van der Waals surface area (Å²) in [4.78, 5) is 12.0. The van der Waals surface area contributed by atoms with Crippen molar-refractivity contribution in [3.8, 4) is 5.75 Å². The Labute approximate surface area is 123 Å².